The zero-order valence-corrected chi connectivity index (χ0v) is 11.5. The van der Waals surface area contributed by atoms with Gasteiger partial charge in [0, 0.05) is 24.8 Å². The quantitative estimate of drug-likeness (QED) is 0.766. The lowest BCUT2D eigenvalue weighted by Crippen LogP contribution is -2.16. The Bertz CT molecular complexity index is 722. The van der Waals surface area contributed by atoms with E-state index >= 15 is 0 Å². The molecule has 0 atom stereocenters. The van der Waals surface area contributed by atoms with Crippen molar-refractivity contribution in [2.75, 3.05) is 11.9 Å². The van der Waals surface area contributed by atoms with Gasteiger partial charge in [-0.3, -0.25) is 0 Å². The third kappa shape index (κ3) is 2.32. The molecule has 100 valence electrons. The fraction of sp³-hybridized carbons (Fsp3) is 0.111. The van der Waals surface area contributed by atoms with Gasteiger partial charge in [-0.2, -0.15) is 0 Å². The van der Waals surface area contributed by atoms with Gasteiger partial charge in [0.1, 0.15) is 5.75 Å². The zero-order chi connectivity index (χ0) is 13.9. The van der Waals surface area contributed by atoms with E-state index in [-0.39, 0.29) is 0 Å². The van der Waals surface area contributed by atoms with E-state index < -0.39 is 0 Å². The number of anilines is 1. The van der Waals surface area contributed by atoms with Gasteiger partial charge in [0.05, 0.1) is 0 Å². The first kappa shape index (κ1) is 12.5. The number of benzene rings is 3. The maximum absolute atomic E-state index is 10.2. The van der Waals surface area contributed by atoms with Gasteiger partial charge in [-0.05, 0) is 29.0 Å². The summed E-state index contributed by atoms with van der Waals surface area (Å²) in [6.07, 6.45) is 0. The minimum Gasteiger partial charge on any atom is -0.508 e. The maximum Gasteiger partial charge on any atom is 0.121 e. The van der Waals surface area contributed by atoms with Crippen LogP contribution < -0.4 is 4.90 Å². The summed E-state index contributed by atoms with van der Waals surface area (Å²) < 4.78 is 0. The monoisotopic (exact) mass is 263 g/mol. The van der Waals surface area contributed by atoms with Crippen LogP contribution in [0, 0.1) is 0 Å². The summed E-state index contributed by atoms with van der Waals surface area (Å²) in [7, 11) is 2.04. The molecule has 0 saturated heterocycles. The van der Waals surface area contributed by atoms with E-state index in [0.717, 1.165) is 22.0 Å². The standard InChI is InChI=1S/C18H17NO/c1-19(15-8-3-2-4-9-15)13-17-16-10-6-5-7-14(16)11-12-18(17)20/h2-12,20H,13H2,1H3. The van der Waals surface area contributed by atoms with Crippen LogP contribution in [-0.4, -0.2) is 12.2 Å². The van der Waals surface area contributed by atoms with Crippen molar-refractivity contribution < 1.29 is 5.11 Å². The average Bonchev–Trinajstić information content (AvgIpc) is 2.51. The molecular weight excluding hydrogens is 246 g/mol. The van der Waals surface area contributed by atoms with Crippen molar-refractivity contribution in [3.05, 3.63) is 72.3 Å². The van der Waals surface area contributed by atoms with Crippen LogP contribution in [0.25, 0.3) is 10.8 Å². The second-order valence-electron chi connectivity index (χ2n) is 4.98. The van der Waals surface area contributed by atoms with Crippen LogP contribution in [0.5, 0.6) is 5.75 Å². The molecule has 0 saturated carbocycles. The Morgan fingerprint density at radius 3 is 2.35 bits per heavy atom. The second kappa shape index (κ2) is 5.25. The largest absolute Gasteiger partial charge is 0.508 e. The molecule has 2 heteroatoms. The molecule has 0 bridgehead atoms. The maximum atomic E-state index is 10.2. The number of fused-ring (bicyclic) bond motifs is 1. The van der Waals surface area contributed by atoms with Gasteiger partial charge in [-0.1, -0.05) is 48.5 Å². The van der Waals surface area contributed by atoms with Crippen molar-refractivity contribution in [2.24, 2.45) is 0 Å². The molecule has 0 unspecified atom stereocenters. The summed E-state index contributed by atoms with van der Waals surface area (Å²) in [5, 5.41) is 12.4. The molecule has 0 aliphatic carbocycles. The molecular formula is C18H17NO. The molecule has 20 heavy (non-hydrogen) atoms. The highest BCUT2D eigenvalue weighted by molar-refractivity contribution is 5.87. The molecule has 3 aromatic rings. The highest BCUT2D eigenvalue weighted by atomic mass is 16.3. The van der Waals surface area contributed by atoms with Crippen molar-refractivity contribution in [3.63, 3.8) is 0 Å². The summed E-state index contributed by atoms with van der Waals surface area (Å²) in [5.41, 5.74) is 2.11. The Hall–Kier alpha value is -2.48. The van der Waals surface area contributed by atoms with Crippen LogP contribution in [0.3, 0.4) is 0 Å². The molecule has 0 amide bonds. The molecule has 0 aliphatic rings. The van der Waals surface area contributed by atoms with Crippen molar-refractivity contribution >= 4 is 16.5 Å². The smallest absolute Gasteiger partial charge is 0.121 e. The normalized spacial score (nSPS) is 10.7. The summed E-state index contributed by atoms with van der Waals surface area (Å²) in [4.78, 5) is 2.14. The van der Waals surface area contributed by atoms with Gasteiger partial charge < -0.3 is 10.0 Å². The van der Waals surface area contributed by atoms with Crippen LogP contribution >= 0.6 is 0 Å². The van der Waals surface area contributed by atoms with Crippen LogP contribution in [0.2, 0.25) is 0 Å². The number of hydrogen-bond acceptors (Lipinski definition) is 2. The van der Waals surface area contributed by atoms with Crippen LogP contribution in [0.15, 0.2) is 66.7 Å². The lowest BCUT2D eigenvalue weighted by Gasteiger charge is -2.21. The van der Waals surface area contributed by atoms with Crippen molar-refractivity contribution in [2.45, 2.75) is 6.54 Å². The Kier molecular flexibility index (Phi) is 3.30. The highest BCUT2D eigenvalue weighted by Crippen LogP contribution is 2.29. The number of nitrogens with zero attached hydrogens (tertiary/aromatic N) is 1. The summed E-state index contributed by atoms with van der Waals surface area (Å²) in [6.45, 7) is 0.678. The molecule has 3 rings (SSSR count). The molecule has 3 aromatic carbocycles. The summed E-state index contributed by atoms with van der Waals surface area (Å²) >= 11 is 0. The first-order chi connectivity index (χ1) is 9.75. The van der Waals surface area contributed by atoms with Gasteiger partial charge in [-0.15, -0.1) is 0 Å². The Morgan fingerprint density at radius 2 is 1.55 bits per heavy atom. The third-order valence-corrected chi connectivity index (χ3v) is 3.61. The molecule has 0 radical (unpaired) electrons. The van der Waals surface area contributed by atoms with E-state index in [1.165, 1.54) is 0 Å². The van der Waals surface area contributed by atoms with E-state index in [2.05, 4.69) is 29.2 Å². The van der Waals surface area contributed by atoms with Gasteiger partial charge in [-0.25, -0.2) is 0 Å². The first-order valence-corrected chi connectivity index (χ1v) is 6.71. The number of phenolic OH excluding ortho intramolecular Hbond substituents is 1. The lowest BCUT2D eigenvalue weighted by atomic mass is 10.0. The Morgan fingerprint density at radius 1 is 0.850 bits per heavy atom. The minimum absolute atomic E-state index is 0.353. The number of hydrogen-bond donors (Lipinski definition) is 1. The van der Waals surface area contributed by atoms with E-state index in [4.69, 9.17) is 0 Å². The second-order valence-corrected chi connectivity index (χ2v) is 4.98. The predicted octanol–water partition coefficient (Wildman–Crippen LogP) is 4.18. The van der Waals surface area contributed by atoms with Crippen LogP contribution in [-0.2, 0) is 6.54 Å². The topological polar surface area (TPSA) is 23.5 Å². The van der Waals surface area contributed by atoms with Crippen molar-refractivity contribution in [3.8, 4) is 5.75 Å². The SMILES string of the molecule is CN(Cc1c(O)ccc2ccccc12)c1ccccc1. The van der Waals surface area contributed by atoms with Gasteiger partial charge in [0.2, 0.25) is 0 Å². The number of rotatable bonds is 3. The van der Waals surface area contributed by atoms with E-state index in [1.54, 1.807) is 6.07 Å². The number of para-hydroxylation sites is 1. The molecule has 0 heterocycles. The molecule has 1 N–H and O–H groups in total. The molecule has 0 fully saturated rings. The third-order valence-electron chi connectivity index (χ3n) is 3.61. The minimum atomic E-state index is 0.353. The molecule has 0 aromatic heterocycles. The van der Waals surface area contributed by atoms with E-state index in [9.17, 15) is 5.11 Å². The molecule has 0 spiro atoms. The van der Waals surface area contributed by atoms with Crippen LogP contribution in [0.4, 0.5) is 5.69 Å². The predicted molar refractivity (Wildman–Crippen MR) is 84.2 cm³/mol. The number of aromatic hydroxyl groups is 1. The van der Waals surface area contributed by atoms with E-state index in [1.807, 2.05) is 43.4 Å². The fourth-order valence-corrected chi connectivity index (χ4v) is 2.50. The van der Waals surface area contributed by atoms with Gasteiger partial charge in [0.15, 0.2) is 0 Å². The van der Waals surface area contributed by atoms with Crippen molar-refractivity contribution in [1.29, 1.82) is 0 Å². The summed E-state index contributed by atoms with van der Waals surface area (Å²) in [5.74, 6) is 0.353. The highest BCUT2D eigenvalue weighted by Gasteiger charge is 2.09. The van der Waals surface area contributed by atoms with Gasteiger partial charge >= 0.3 is 0 Å². The first-order valence-electron chi connectivity index (χ1n) is 6.71. The van der Waals surface area contributed by atoms with Crippen molar-refractivity contribution in [1.82, 2.24) is 0 Å². The Balaban J connectivity index is 2.00. The van der Waals surface area contributed by atoms with E-state index in [0.29, 0.717) is 12.3 Å². The number of phenols is 1. The average molecular weight is 263 g/mol. The molecule has 2 nitrogen and oxygen atoms in total. The van der Waals surface area contributed by atoms with Crippen LogP contribution in [0.1, 0.15) is 5.56 Å². The lowest BCUT2D eigenvalue weighted by molar-refractivity contribution is 0.469. The molecule has 0 aliphatic heterocycles. The van der Waals surface area contributed by atoms with Gasteiger partial charge in [0.25, 0.3) is 0 Å². The summed E-state index contributed by atoms with van der Waals surface area (Å²) in [6, 6.07) is 22.1. The Labute approximate surface area is 118 Å². The zero-order valence-electron chi connectivity index (χ0n) is 11.5. The fourth-order valence-electron chi connectivity index (χ4n) is 2.50.